The summed E-state index contributed by atoms with van der Waals surface area (Å²) in [5.41, 5.74) is -0.184. The van der Waals surface area contributed by atoms with Crippen LogP contribution in [0.1, 0.15) is 32.6 Å². The van der Waals surface area contributed by atoms with Crippen molar-refractivity contribution < 1.29 is 9.50 Å². The quantitative estimate of drug-likeness (QED) is 0.567. The van der Waals surface area contributed by atoms with Crippen molar-refractivity contribution >= 4 is 11.8 Å². The van der Waals surface area contributed by atoms with Crippen LogP contribution in [0.3, 0.4) is 0 Å². The van der Waals surface area contributed by atoms with Crippen LogP contribution in [0.4, 0.5) is 4.39 Å². The number of hydrogen-bond donors (Lipinski definition) is 2. The molecule has 0 aromatic heterocycles. The molecule has 0 heterocycles. The molecule has 0 saturated heterocycles. The van der Waals surface area contributed by atoms with E-state index in [0.29, 0.717) is 10.9 Å². The minimum atomic E-state index is -0.184. The van der Waals surface area contributed by atoms with Gasteiger partial charge in [0.25, 0.3) is 0 Å². The zero-order valence-electron chi connectivity index (χ0n) is 11.4. The fourth-order valence-electron chi connectivity index (χ4n) is 2.12. The summed E-state index contributed by atoms with van der Waals surface area (Å²) in [4.78, 5) is 0.711. The second-order valence-corrected chi connectivity index (χ2v) is 6.66. The van der Waals surface area contributed by atoms with E-state index < -0.39 is 0 Å². The summed E-state index contributed by atoms with van der Waals surface area (Å²) in [6.45, 7) is 2.23. The van der Waals surface area contributed by atoms with Crippen LogP contribution in [0, 0.1) is 5.82 Å². The molecule has 1 unspecified atom stereocenters. The molecule has 0 aliphatic heterocycles. The normalized spacial score (nSPS) is 18.3. The predicted molar refractivity (Wildman–Crippen MR) is 78.0 cm³/mol. The zero-order chi connectivity index (χ0) is 13.7. The van der Waals surface area contributed by atoms with Gasteiger partial charge in [-0.2, -0.15) is 0 Å². The van der Waals surface area contributed by atoms with E-state index in [1.165, 1.54) is 18.9 Å². The Labute approximate surface area is 118 Å². The first-order valence-corrected chi connectivity index (χ1v) is 7.87. The van der Waals surface area contributed by atoms with Gasteiger partial charge in [-0.3, -0.25) is 0 Å². The van der Waals surface area contributed by atoms with Gasteiger partial charge < -0.3 is 10.4 Å². The van der Waals surface area contributed by atoms with Crippen molar-refractivity contribution in [2.45, 2.75) is 49.1 Å². The zero-order valence-corrected chi connectivity index (χ0v) is 12.2. The highest BCUT2D eigenvalue weighted by Gasteiger charge is 2.31. The smallest absolute Gasteiger partial charge is 0.136 e. The minimum Gasteiger partial charge on any atom is -0.394 e. The molecular weight excluding hydrogens is 261 g/mol. The summed E-state index contributed by atoms with van der Waals surface area (Å²) in [6.07, 6.45) is 4.33. The average Bonchev–Trinajstić information content (AvgIpc) is 3.20. The van der Waals surface area contributed by atoms with Crippen LogP contribution in [0.5, 0.6) is 0 Å². The number of halogens is 1. The second-order valence-electron chi connectivity index (χ2n) is 5.52. The van der Waals surface area contributed by atoms with E-state index in [9.17, 15) is 9.50 Å². The summed E-state index contributed by atoms with van der Waals surface area (Å²) in [6, 6.07) is 7.47. The van der Waals surface area contributed by atoms with Crippen LogP contribution in [-0.4, -0.2) is 29.0 Å². The maximum Gasteiger partial charge on any atom is 0.136 e. The van der Waals surface area contributed by atoms with Gasteiger partial charge in [0, 0.05) is 16.5 Å². The number of nitrogens with one attached hydrogen (secondary N) is 1. The lowest BCUT2D eigenvalue weighted by molar-refractivity contribution is 0.163. The SMILES string of the molecule is CC(CO)(CCCSc1ccccc1F)NC1CC1. The monoisotopic (exact) mass is 283 g/mol. The van der Waals surface area contributed by atoms with E-state index in [-0.39, 0.29) is 18.0 Å². The van der Waals surface area contributed by atoms with E-state index in [1.54, 1.807) is 17.8 Å². The van der Waals surface area contributed by atoms with Crippen LogP contribution in [0.15, 0.2) is 29.2 Å². The van der Waals surface area contributed by atoms with Crippen molar-refractivity contribution in [1.29, 1.82) is 0 Å². The van der Waals surface area contributed by atoms with Gasteiger partial charge in [-0.15, -0.1) is 11.8 Å². The van der Waals surface area contributed by atoms with Crippen molar-refractivity contribution in [3.63, 3.8) is 0 Å². The lowest BCUT2D eigenvalue weighted by Gasteiger charge is -2.29. The summed E-state index contributed by atoms with van der Waals surface area (Å²) in [5.74, 6) is 0.733. The van der Waals surface area contributed by atoms with Gasteiger partial charge in [-0.25, -0.2) is 4.39 Å². The van der Waals surface area contributed by atoms with Crippen LogP contribution in [-0.2, 0) is 0 Å². The molecule has 1 fully saturated rings. The topological polar surface area (TPSA) is 32.3 Å². The van der Waals surface area contributed by atoms with Gasteiger partial charge in [0.1, 0.15) is 5.82 Å². The summed E-state index contributed by atoms with van der Waals surface area (Å²) < 4.78 is 13.4. The fraction of sp³-hybridized carbons (Fsp3) is 0.600. The Hall–Kier alpha value is -0.580. The molecule has 1 atom stereocenters. The van der Waals surface area contributed by atoms with Gasteiger partial charge >= 0.3 is 0 Å². The summed E-state index contributed by atoms with van der Waals surface area (Å²) in [7, 11) is 0. The lowest BCUT2D eigenvalue weighted by Crippen LogP contribution is -2.46. The summed E-state index contributed by atoms with van der Waals surface area (Å²) in [5, 5.41) is 13.0. The molecule has 0 spiro atoms. The van der Waals surface area contributed by atoms with E-state index in [1.807, 2.05) is 12.1 Å². The summed E-state index contributed by atoms with van der Waals surface area (Å²) >= 11 is 1.55. The Bertz CT molecular complexity index is 411. The largest absolute Gasteiger partial charge is 0.394 e. The number of rotatable bonds is 8. The van der Waals surface area contributed by atoms with Crippen LogP contribution < -0.4 is 5.32 Å². The highest BCUT2D eigenvalue weighted by atomic mass is 32.2. The van der Waals surface area contributed by atoms with Gasteiger partial charge in [-0.05, 0) is 50.5 Å². The molecule has 4 heteroatoms. The molecular formula is C15H22FNOS. The Balaban J connectivity index is 1.72. The Morgan fingerprint density at radius 3 is 2.79 bits per heavy atom. The third-order valence-corrected chi connectivity index (χ3v) is 4.58. The van der Waals surface area contributed by atoms with E-state index >= 15 is 0 Å². The van der Waals surface area contributed by atoms with Gasteiger partial charge in [0.15, 0.2) is 0 Å². The number of aliphatic hydroxyl groups excluding tert-OH is 1. The van der Waals surface area contributed by atoms with Crippen molar-refractivity contribution in [2.24, 2.45) is 0 Å². The maximum atomic E-state index is 13.4. The van der Waals surface area contributed by atoms with Crippen LogP contribution in [0.25, 0.3) is 0 Å². The molecule has 106 valence electrons. The highest BCUT2D eigenvalue weighted by Crippen LogP contribution is 2.27. The van der Waals surface area contributed by atoms with Crippen LogP contribution in [0.2, 0.25) is 0 Å². The Morgan fingerprint density at radius 1 is 1.42 bits per heavy atom. The molecule has 0 bridgehead atoms. The van der Waals surface area contributed by atoms with Crippen molar-refractivity contribution in [2.75, 3.05) is 12.4 Å². The predicted octanol–water partition coefficient (Wildman–Crippen LogP) is 3.20. The molecule has 2 N–H and O–H groups in total. The highest BCUT2D eigenvalue weighted by molar-refractivity contribution is 7.99. The molecule has 0 amide bonds. The molecule has 1 aromatic rings. The maximum absolute atomic E-state index is 13.4. The van der Waals surface area contributed by atoms with Crippen molar-refractivity contribution in [3.8, 4) is 0 Å². The third kappa shape index (κ3) is 4.79. The molecule has 1 aromatic carbocycles. The molecule has 1 aliphatic carbocycles. The second kappa shape index (κ2) is 6.73. The number of aliphatic hydroxyl groups is 1. The minimum absolute atomic E-state index is 0.145. The lowest BCUT2D eigenvalue weighted by atomic mass is 9.97. The van der Waals surface area contributed by atoms with E-state index in [2.05, 4.69) is 12.2 Å². The van der Waals surface area contributed by atoms with Gasteiger partial charge in [0.05, 0.1) is 6.61 Å². The Morgan fingerprint density at radius 2 is 2.16 bits per heavy atom. The van der Waals surface area contributed by atoms with Crippen LogP contribution >= 0.6 is 11.8 Å². The number of benzene rings is 1. The number of hydrogen-bond acceptors (Lipinski definition) is 3. The van der Waals surface area contributed by atoms with Crippen molar-refractivity contribution in [1.82, 2.24) is 5.32 Å². The van der Waals surface area contributed by atoms with E-state index in [0.717, 1.165) is 18.6 Å². The molecule has 1 saturated carbocycles. The third-order valence-electron chi connectivity index (χ3n) is 3.45. The fourth-order valence-corrected chi connectivity index (χ4v) is 3.01. The number of thioether (sulfide) groups is 1. The Kier molecular flexibility index (Phi) is 5.25. The molecule has 2 nitrogen and oxygen atoms in total. The average molecular weight is 283 g/mol. The first-order valence-electron chi connectivity index (χ1n) is 6.89. The first kappa shape index (κ1) is 14.8. The van der Waals surface area contributed by atoms with E-state index in [4.69, 9.17) is 0 Å². The van der Waals surface area contributed by atoms with Gasteiger partial charge in [-0.1, -0.05) is 12.1 Å². The molecule has 19 heavy (non-hydrogen) atoms. The van der Waals surface area contributed by atoms with Gasteiger partial charge in [0.2, 0.25) is 0 Å². The standard InChI is InChI=1S/C15H22FNOS/c1-15(11-18,17-12-7-8-12)9-4-10-19-14-6-3-2-5-13(14)16/h2-3,5-6,12,17-18H,4,7-11H2,1H3. The van der Waals surface area contributed by atoms with Crippen molar-refractivity contribution in [3.05, 3.63) is 30.1 Å². The first-order chi connectivity index (χ1) is 9.13. The molecule has 2 rings (SSSR count). The molecule has 0 radical (unpaired) electrons. The molecule has 1 aliphatic rings.